The molecule has 1 aliphatic heterocycles. The molecular formula is C16H21NO3. The van der Waals surface area contributed by atoms with Crippen molar-refractivity contribution in [1.82, 2.24) is 4.90 Å². The molecule has 1 atom stereocenters. The molecule has 108 valence electrons. The lowest BCUT2D eigenvalue weighted by molar-refractivity contribution is -0.129. The van der Waals surface area contributed by atoms with Gasteiger partial charge in [-0.3, -0.25) is 4.79 Å². The summed E-state index contributed by atoms with van der Waals surface area (Å²) in [5.41, 5.74) is 1.23. The van der Waals surface area contributed by atoms with Crippen molar-refractivity contribution >= 4 is 11.9 Å². The van der Waals surface area contributed by atoms with Gasteiger partial charge in [0.15, 0.2) is 0 Å². The zero-order valence-corrected chi connectivity index (χ0v) is 12.1. The van der Waals surface area contributed by atoms with Crippen molar-refractivity contribution in [3.8, 4) is 0 Å². The van der Waals surface area contributed by atoms with Crippen molar-refractivity contribution in [1.29, 1.82) is 0 Å². The van der Waals surface area contributed by atoms with Gasteiger partial charge in [-0.05, 0) is 36.0 Å². The van der Waals surface area contributed by atoms with Crippen molar-refractivity contribution in [2.75, 3.05) is 13.1 Å². The van der Waals surface area contributed by atoms with Crippen molar-refractivity contribution in [2.24, 2.45) is 5.41 Å². The molecule has 1 heterocycles. The van der Waals surface area contributed by atoms with E-state index in [2.05, 4.69) is 13.8 Å². The van der Waals surface area contributed by atoms with Crippen LogP contribution in [0.15, 0.2) is 24.3 Å². The minimum Gasteiger partial charge on any atom is -0.478 e. The molecule has 0 bridgehead atoms. The average Bonchev–Trinajstić information content (AvgIpc) is 2.83. The van der Waals surface area contributed by atoms with Gasteiger partial charge < -0.3 is 10.0 Å². The molecule has 0 spiro atoms. The highest BCUT2D eigenvalue weighted by Gasteiger charge is 2.34. The normalized spacial score (nSPS) is 22.0. The van der Waals surface area contributed by atoms with Gasteiger partial charge in [-0.1, -0.05) is 26.0 Å². The van der Waals surface area contributed by atoms with Gasteiger partial charge in [0, 0.05) is 13.1 Å². The first-order valence-electron chi connectivity index (χ1n) is 7.03. The molecule has 1 unspecified atom stereocenters. The molecule has 4 nitrogen and oxygen atoms in total. The van der Waals surface area contributed by atoms with Crippen LogP contribution in [0.3, 0.4) is 0 Å². The van der Waals surface area contributed by atoms with Crippen LogP contribution in [-0.4, -0.2) is 35.0 Å². The van der Waals surface area contributed by atoms with Gasteiger partial charge in [0.25, 0.3) is 0 Å². The first kappa shape index (κ1) is 14.6. The maximum absolute atomic E-state index is 12.3. The summed E-state index contributed by atoms with van der Waals surface area (Å²) in [4.78, 5) is 25.1. The number of rotatable bonds is 4. The van der Waals surface area contributed by atoms with Gasteiger partial charge in [0.2, 0.25) is 5.91 Å². The molecule has 1 aromatic carbocycles. The van der Waals surface area contributed by atoms with Crippen molar-refractivity contribution in [3.05, 3.63) is 35.4 Å². The Morgan fingerprint density at radius 2 is 2.15 bits per heavy atom. The third-order valence-corrected chi connectivity index (χ3v) is 4.29. The SMILES string of the molecule is CCC1(C)CCN(C(=O)Cc2cccc(C(=O)O)c2)C1. The Bertz CT molecular complexity index is 526. The summed E-state index contributed by atoms with van der Waals surface area (Å²) in [5.74, 6) is -0.872. The van der Waals surface area contributed by atoms with Crippen LogP contribution in [0.1, 0.15) is 42.6 Å². The first-order chi connectivity index (χ1) is 9.43. The standard InChI is InChI=1S/C16H21NO3/c1-3-16(2)7-8-17(11-16)14(18)10-12-5-4-6-13(9-12)15(19)20/h4-6,9H,3,7-8,10-11H2,1-2H3,(H,19,20). The first-order valence-corrected chi connectivity index (χ1v) is 7.03. The fourth-order valence-electron chi connectivity index (χ4n) is 2.63. The molecule has 1 aliphatic rings. The average molecular weight is 275 g/mol. The Kier molecular flexibility index (Phi) is 4.12. The van der Waals surface area contributed by atoms with Gasteiger partial charge in [0.1, 0.15) is 0 Å². The van der Waals surface area contributed by atoms with Crippen molar-refractivity contribution in [3.63, 3.8) is 0 Å². The van der Waals surface area contributed by atoms with E-state index in [0.29, 0.717) is 0 Å². The predicted molar refractivity (Wildman–Crippen MR) is 76.7 cm³/mol. The Morgan fingerprint density at radius 3 is 2.75 bits per heavy atom. The van der Waals surface area contributed by atoms with E-state index in [-0.39, 0.29) is 23.3 Å². The van der Waals surface area contributed by atoms with E-state index >= 15 is 0 Å². The molecule has 1 amide bonds. The number of carbonyl (C=O) groups excluding carboxylic acids is 1. The molecule has 1 saturated heterocycles. The number of aromatic carboxylic acids is 1. The minimum absolute atomic E-state index is 0.0877. The van der Waals surface area contributed by atoms with E-state index in [0.717, 1.165) is 31.5 Å². The Labute approximate surface area is 119 Å². The van der Waals surface area contributed by atoms with Crippen LogP contribution in [0.25, 0.3) is 0 Å². The predicted octanol–water partition coefficient (Wildman–Crippen LogP) is 2.58. The fourth-order valence-corrected chi connectivity index (χ4v) is 2.63. The van der Waals surface area contributed by atoms with E-state index < -0.39 is 5.97 Å². The summed E-state index contributed by atoms with van der Waals surface area (Å²) in [6.07, 6.45) is 2.40. The second-order valence-corrected chi connectivity index (χ2v) is 5.91. The van der Waals surface area contributed by atoms with Crippen LogP contribution in [-0.2, 0) is 11.2 Å². The van der Waals surface area contributed by atoms with E-state index in [1.807, 2.05) is 4.90 Å². The number of nitrogens with zero attached hydrogens (tertiary/aromatic N) is 1. The number of carbonyl (C=O) groups is 2. The highest BCUT2D eigenvalue weighted by molar-refractivity contribution is 5.88. The lowest BCUT2D eigenvalue weighted by Crippen LogP contribution is -2.32. The smallest absolute Gasteiger partial charge is 0.335 e. The number of carboxylic acids is 1. The maximum atomic E-state index is 12.3. The molecule has 0 aliphatic carbocycles. The number of hydrogen-bond acceptors (Lipinski definition) is 2. The summed E-state index contributed by atoms with van der Waals surface area (Å²) < 4.78 is 0. The maximum Gasteiger partial charge on any atom is 0.335 e. The van der Waals surface area contributed by atoms with Gasteiger partial charge in [-0.2, -0.15) is 0 Å². The molecule has 1 fully saturated rings. The molecule has 2 rings (SSSR count). The minimum atomic E-state index is -0.959. The number of amides is 1. The monoisotopic (exact) mass is 275 g/mol. The van der Waals surface area contributed by atoms with Crippen LogP contribution in [0.2, 0.25) is 0 Å². The molecule has 0 aromatic heterocycles. The molecule has 0 radical (unpaired) electrons. The van der Waals surface area contributed by atoms with E-state index in [1.165, 1.54) is 0 Å². The largest absolute Gasteiger partial charge is 0.478 e. The van der Waals surface area contributed by atoms with E-state index in [1.54, 1.807) is 24.3 Å². The molecule has 20 heavy (non-hydrogen) atoms. The Balaban J connectivity index is 2.02. The summed E-state index contributed by atoms with van der Waals surface area (Å²) >= 11 is 0. The quantitative estimate of drug-likeness (QED) is 0.918. The number of hydrogen-bond donors (Lipinski definition) is 1. The summed E-state index contributed by atoms with van der Waals surface area (Å²) in [7, 11) is 0. The van der Waals surface area contributed by atoms with Crippen LogP contribution < -0.4 is 0 Å². The van der Waals surface area contributed by atoms with Crippen LogP contribution in [0.4, 0.5) is 0 Å². The number of likely N-dealkylation sites (tertiary alicyclic amines) is 1. The third-order valence-electron chi connectivity index (χ3n) is 4.29. The van der Waals surface area contributed by atoms with Crippen LogP contribution >= 0.6 is 0 Å². The van der Waals surface area contributed by atoms with Gasteiger partial charge in [-0.15, -0.1) is 0 Å². The molecular weight excluding hydrogens is 254 g/mol. The molecule has 0 saturated carbocycles. The van der Waals surface area contributed by atoms with Crippen LogP contribution in [0.5, 0.6) is 0 Å². The number of benzene rings is 1. The van der Waals surface area contributed by atoms with Crippen molar-refractivity contribution in [2.45, 2.75) is 33.1 Å². The van der Waals surface area contributed by atoms with E-state index in [4.69, 9.17) is 5.11 Å². The topological polar surface area (TPSA) is 57.6 Å². The second-order valence-electron chi connectivity index (χ2n) is 5.91. The third kappa shape index (κ3) is 3.18. The molecule has 1 aromatic rings. The van der Waals surface area contributed by atoms with Crippen molar-refractivity contribution < 1.29 is 14.7 Å². The van der Waals surface area contributed by atoms with Gasteiger partial charge in [-0.25, -0.2) is 4.79 Å². The Morgan fingerprint density at radius 1 is 1.40 bits per heavy atom. The molecule has 4 heteroatoms. The summed E-state index contributed by atoms with van der Waals surface area (Å²) in [6, 6.07) is 6.61. The highest BCUT2D eigenvalue weighted by Crippen LogP contribution is 2.33. The van der Waals surface area contributed by atoms with Crippen LogP contribution in [0, 0.1) is 5.41 Å². The number of carboxylic acid groups (broad SMARTS) is 1. The Hall–Kier alpha value is -1.84. The zero-order chi connectivity index (χ0) is 14.8. The lowest BCUT2D eigenvalue weighted by atomic mass is 9.87. The fraction of sp³-hybridized carbons (Fsp3) is 0.500. The highest BCUT2D eigenvalue weighted by atomic mass is 16.4. The molecule has 1 N–H and O–H groups in total. The van der Waals surface area contributed by atoms with Gasteiger partial charge in [0.05, 0.1) is 12.0 Å². The van der Waals surface area contributed by atoms with E-state index in [9.17, 15) is 9.59 Å². The zero-order valence-electron chi connectivity index (χ0n) is 12.1. The lowest BCUT2D eigenvalue weighted by Gasteiger charge is -2.22. The second kappa shape index (κ2) is 5.65. The van der Waals surface area contributed by atoms with Gasteiger partial charge >= 0.3 is 5.97 Å². The summed E-state index contributed by atoms with van der Waals surface area (Å²) in [5, 5.41) is 8.96. The summed E-state index contributed by atoms with van der Waals surface area (Å²) in [6.45, 7) is 5.98.